The summed E-state index contributed by atoms with van der Waals surface area (Å²) < 4.78 is 1.60. The number of rotatable bonds is 4. The van der Waals surface area contributed by atoms with Crippen molar-refractivity contribution in [1.29, 1.82) is 0 Å². The summed E-state index contributed by atoms with van der Waals surface area (Å²) in [6.45, 7) is 3.86. The Kier molecular flexibility index (Phi) is 4.73. The molecule has 4 rings (SSSR count). The average Bonchev–Trinajstić information content (AvgIpc) is 3.34. The Labute approximate surface area is 153 Å². The number of nitrogens with one attached hydrogen (secondary N) is 1. The molecule has 0 radical (unpaired) electrons. The number of carbonyl (C=O) groups is 1. The monoisotopic (exact) mass is 355 g/mol. The molecule has 8 heteroatoms. The molecule has 8 nitrogen and oxygen atoms in total. The predicted molar refractivity (Wildman–Crippen MR) is 99.4 cm³/mol. The van der Waals surface area contributed by atoms with Crippen LogP contribution in [0.15, 0.2) is 24.7 Å². The summed E-state index contributed by atoms with van der Waals surface area (Å²) in [5.74, 6) is 1.88. The van der Waals surface area contributed by atoms with E-state index in [-0.39, 0.29) is 11.9 Å². The van der Waals surface area contributed by atoms with E-state index in [1.165, 1.54) is 12.8 Å². The molecular weight excluding hydrogens is 330 g/mol. The molecule has 4 heterocycles. The summed E-state index contributed by atoms with van der Waals surface area (Å²) in [5.41, 5.74) is 0.584. The van der Waals surface area contributed by atoms with Gasteiger partial charge in [-0.25, -0.2) is 9.97 Å². The zero-order chi connectivity index (χ0) is 17.9. The van der Waals surface area contributed by atoms with Crippen LogP contribution in [0.4, 0.5) is 11.6 Å². The zero-order valence-electron chi connectivity index (χ0n) is 15.1. The van der Waals surface area contributed by atoms with Gasteiger partial charge in [0.05, 0.1) is 0 Å². The molecule has 1 amide bonds. The minimum Gasteiger partial charge on any atom is -0.356 e. The molecule has 0 aromatic carbocycles. The van der Waals surface area contributed by atoms with E-state index < -0.39 is 0 Å². The van der Waals surface area contributed by atoms with Crippen molar-refractivity contribution in [3.63, 3.8) is 0 Å². The maximum Gasteiger partial charge on any atom is 0.269 e. The summed E-state index contributed by atoms with van der Waals surface area (Å²) >= 11 is 0. The molecule has 2 aliphatic rings. The van der Waals surface area contributed by atoms with Crippen LogP contribution in [0.1, 0.15) is 36.2 Å². The quantitative estimate of drug-likeness (QED) is 0.888. The Balaban J connectivity index is 1.43. The lowest BCUT2D eigenvalue weighted by Crippen LogP contribution is -2.48. The second kappa shape index (κ2) is 7.31. The van der Waals surface area contributed by atoms with Crippen molar-refractivity contribution >= 4 is 17.5 Å². The molecule has 2 fully saturated rings. The SMILES string of the molecule is Cn1nccc1C(=O)N[C@H]1CCCN(c2cc(N3CCCC3)ncn2)C1. The predicted octanol–water partition coefficient (Wildman–Crippen LogP) is 1.21. The first-order valence-corrected chi connectivity index (χ1v) is 9.31. The van der Waals surface area contributed by atoms with E-state index in [2.05, 4.69) is 36.2 Å². The molecule has 0 aliphatic carbocycles. The van der Waals surface area contributed by atoms with Crippen LogP contribution in [0.25, 0.3) is 0 Å². The van der Waals surface area contributed by atoms with Gasteiger partial charge in [-0.15, -0.1) is 0 Å². The van der Waals surface area contributed by atoms with E-state index in [9.17, 15) is 4.79 Å². The summed E-state index contributed by atoms with van der Waals surface area (Å²) in [7, 11) is 1.78. The van der Waals surface area contributed by atoms with E-state index in [4.69, 9.17) is 0 Å². The van der Waals surface area contributed by atoms with Gasteiger partial charge in [-0.05, 0) is 31.7 Å². The molecule has 138 valence electrons. The number of anilines is 2. The third kappa shape index (κ3) is 3.49. The number of piperidine rings is 1. The lowest BCUT2D eigenvalue weighted by molar-refractivity contribution is 0.0923. The number of carbonyl (C=O) groups excluding carboxylic acids is 1. The number of hydrogen-bond donors (Lipinski definition) is 1. The first-order chi connectivity index (χ1) is 12.7. The van der Waals surface area contributed by atoms with Crippen LogP contribution < -0.4 is 15.1 Å². The van der Waals surface area contributed by atoms with Crippen LogP contribution in [0.2, 0.25) is 0 Å². The fourth-order valence-electron chi connectivity index (χ4n) is 3.79. The van der Waals surface area contributed by atoms with Crippen molar-refractivity contribution < 1.29 is 4.79 Å². The van der Waals surface area contributed by atoms with Crippen molar-refractivity contribution in [1.82, 2.24) is 25.1 Å². The van der Waals surface area contributed by atoms with Crippen molar-refractivity contribution in [3.05, 3.63) is 30.4 Å². The standard InChI is InChI=1S/C18H25N7O/c1-23-15(6-7-21-23)18(26)22-14-5-4-10-25(12-14)17-11-16(19-13-20-17)24-8-2-3-9-24/h6-7,11,13-14H,2-5,8-10,12H2,1H3,(H,22,26)/t14-/m0/s1. The highest BCUT2D eigenvalue weighted by molar-refractivity contribution is 5.92. The maximum absolute atomic E-state index is 12.4. The lowest BCUT2D eigenvalue weighted by Gasteiger charge is -2.34. The Morgan fingerprint density at radius 1 is 1.12 bits per heavy atom. The maximum atomic E-state index is 12.4. The van der Waals surface area contributed by atoms with E-state index in [0.717, 1.165) is 50.7 Å². The highest BCUT2D eigenvalue weighted by Gasteiger charge is 2.24. The van der Waals surface area contributed by atoms with E-state index in [0.29, 0.717) is 5.69 Å². The summed E-state index contributed by atoms with van der Waals surface area (Å²) in [5, 5.41) is 7.20. The Hall–Kier alpha value is -2.64. The fourth-order valence-corrected chi connectivity index (χ4v) is 3.79. The molecular formula is C18H25N7O. The topological polar surface area (TPSA) is 79.2 Å². The molecule has 0 unspecified atom stereocenters. The second-order valence-electron chi connectivity index (χ2n) is 7.03. The van der Waals surface area contributed by atoms with Crippen LogP contribution in [0, 0.1) is 0 Å². The van der Waals surface area contributed by atoms with Gasteiger partial charge in [0.2, 0.25) is 0 Å². The smallest absolute Gasteiger partial charge is 0.269 e. The van der Waals surface area contributed by atoms with Crippen LogP contribution in [0.5, 0.6) is 0 Å². The van der Waals surface area contributed by atoms with Gasteiger partial charge in [0.25, 0.3) is 5.91 Å². The zero-order valence-corrected chi connectivity index (χ0v) is 15.1. The number of hydrogen-bond acceptors (Lipinski definition) is 6. The molecule has 2 aliphatic heterocycles. The minimum absolute atomic E-state index is 0.0720. The van der Waals surface area contributed by atoms with Crippen LogP contribution in [0.3, 0.4) is 0 Å². The summed E-state index contributed by atoms with van der Waals surface area (Å²) in [6, 6.07) is 3.93. The molecule has 1 atom stereocenters. The first-order valence-electron chi connectivity index (χ1n) is 9.31. The average molecular weight is 355 g/mol. The summed E-state index contributed by atoms with van der Waals surface area (Å²) in [6.07, 6.45) is 7.75. The summed E-state index contributed by atoms with van der Waals surface area (Å²) in [4.78, 5) is 25.9. The van der Waals surface area contributed by atoms with Gasteiger partial charge in [0.15, 0.2) is 0 Å². The second-order valence-corrected chi connectivity index (χ2v) is 7.03. The van der Waals surface area contributed by atoms with Crippen molar-refractivity contribution in [2.45, 2.75) is 31.7 Å². The molecule has 2 saturated heterocycles. The Morgan fingerprint density at radius 3 is 2.58 bits per heavy atom. The first kappa shape index (κ1) is 16.8. The van der Waals surface area contributed by atoms with Crippen molar-refractivity contribution in [3.8, 4) is 0 Å². The van der Waals surface area contributed by atoms with E-state index in [1.807, 2.05) is 0 Å². The largest absolute Gasteiger partial charge is 0.356 e. The molecule has 0 bridgehead atoms. The number of aromatic nitrogens is 4. The van der Waals surface area contributed by atoms with E-state index >= 15 is 0 Å². The van der Waals surface area contributed by atoms with Crippen LogP contribution >= 0.6 is 0 Å². The number of aryl methyl sites for hydroxylation is 1. The normalized spacial score (nSPS) is 20.4. The van der Waals surface area contributed by atoms with Gasteiger partial charge in [-0.1, -0.05) is 0 Å². The van der Waals surface area contributed by atoms with Crippen molar-refractivity contribution in [2.75, 3.05) is 36.0 Å². The minimum atomic E-state index is -0.0720. The van der Waals surface area contributed by atoms with Crippen molar-refractivity contribution in [2.24, 2.45) is 7.05 Å². The third-order valence-corrected chi connectivity index (χ3v) is 5.20. The highest BCUT2D eigenvalue weighted by Crippen LogP contribution is 2.23. The number of nitrogens with zero attached hydrogens (tertiary/aromatic N) is 6. The van der Waals surface area contributed by atoms with Gasteiger partial charge in [-0.2, -0.15) is 5.10 Å². The molecule has 0 saturated carbocycles. The lowest BCUT2D eigenvalue weighted by atomic mass is 10.1. The third-order valence-electron chi connectivity index (χ3n) is 5.20. The Morgan fingerprint density at radius 2 is 1.85 bits per heavy atom. The number of amides is 1. The molecule has 2 aromatic rings. The van der Waals surface area contributed by atoms with Gasteiger partial charge in [0, 0.05) is 51.5 Å². The van der Waals surface area contributed by atoms with Gasteiger partial charge in [-0.3, -0.25) is 9.48 Å². The molecule has 0 spiro atoms. The molecule has 1 N–H and O–H groups in total. The molecule has 2 aromatic heterocycles. The van der Waals surface area contributed by atoms with Crippen LogP contribution in [-0.4, -0.2) is 57.9 Å². The molecule has 26 heavy (non-hydrogen) atoms. The Bertz CT molecular complexity index is 768. The van der Waals surface area contributed by atoms with Crippen LogP contribution in [-0.2, 0) is 7.05 Å². The fraction of sp³-hybridized carbons (Fsp3) is 0.556. The van der Waals surface area contributed by atoms with Gasteiger partial charge >= 0.3 is 0 Å². The van der Waals surface area contributed by atoms with E-state index in [1.54, 1.807) is 30.3 Å². The highest BCUT2D eigenvalue weighted by atomic mass is 16.2. The van der Waals surface area contributed by atoms with Gasteiger partial charge in [0.1, 0.15) is 23.7 Å². The van der Waals surface area contributed by atoms with Gasteiger partial charge < -0.3 is 15.1 Å².